The van der Waals surface area contributed by atoms with Crippen molar-refractivity contribution in [1.29, 1.82) is 0 Å². The zero-order chi connectivity index (χ0) is 14.3. The predicted octanol–water partition coefficient (Wildman–Crippen LogP) is 4.85. The third-order valence-corrected chi connectivity index (χ3v) is 3.72. The van der Waals surface area contributed by atoms with Gasteiger partial charge in [-0.1, -0.05) is 78.2 Å². The van der Waals surface area contributed by atoms with Gasteiger partial charge in [0.15, 0.2) is 0 Å². The average Bonchev–Trinajstić information content (AvgIpc) is 2.42. The minimum Gasteiger partial charge on any atom is -0.353 e. The maximum atomic E-state index is 11.1. The largest absolute Gasteiger partial charge is 0.353 e. The summed E-state index contributed by atoms with van der Waals surface area (Å²) >= 11 is 0. The van der Waals surface area contributed by atoms with E-state index in [4.69, 9.17) is 0 Å². The van der Waals surface area contributed by atoms with Crippen LogP contribution in [-0.2, 0) is 4.79 Å². The van der Waals surface area contributed by atoms with Gasteiger partial charge in [0.25, 0.3) is 0 Å². The monoisotopic (exact) mass is 267 g/mol. The highest BCUT2D eigenvalue weighted by molar-refractivity contribution is 5.86. The number of hydrogen-bond donors (Lipinski definition) is 1. The van der Waals surface area contributed by atoms with E-state index >= 15 is 0 Å². The van der Waals surface area contributed by atoms with E-state index in [2.05, 4.69) is 25.7 Å². The molecule has 0 aliphatic rings. The quantitative estimate of drug-likeness (QED) is 0.375. The maximum absolute atomic E-state index is 11.1. The Kier molecular flexibility index (Phi) is 13.1. The highest BCUT2D eigenvalue weighted by atomic mass is 16.1. The number of carbonyl (C=O) groups excluding carboxylic acids is 1. The van der Waals surface area contributed by atoms with E-state index in [1.807, 2.05) is 0 Å². The van der Waals surface area contributed by atoms with Crippen LogP contribution in [0, 0.1) is 5.92 Å². The third kappa shape index (κ3) is 12.0. The smallest absolute Gasteiger partial charge is 0.243 e. The molecule has 0 bridgehead atoms. The van der Waals surface area contributed by atoms with Crippen LogP contribution in [0.15, 0.2) is 12.7 Å². The van der Waals surface area contributed by atoms with Gasteiger partial charge in [-0.05, 0) is 18.4 Å². The van der Waals surface area contributed by atoms with Crippen molar-refractivity contribution in [1.82, 2.24) is 5.32 Å². The normalized spacial score (nSPS) is 12.1. The fraction of sp³-hybridized carbons (Fsp3) is 0.824. The highest BCUT2D eigenvalue weighted by Crippen LogP contribution is 2.20. The summed E-state index contributed by atoms with van der Waals surface area (Å²) in [6.07, 6.45) is 14.5. The van der Waals surface area contributed by atoms with Gasteiger partial charge in [-0.2, -0.15) is 0 Å². The summed E-state index contributed by atoms with van der Waals surface area (Å²) in [6.45, 7) is 8.78. The van der Waals surface area contributed by atoms with E-state index in [-0.39, 0.29) is 5.91 Å². The van der Waals surface area contributed by atoms with Crippen molar-refractivity contribution in [2.24, 2.45) is 5.92 Å². The van der Waals surface area contributed by atoms with Crippen molar-refractivity contribution in [2.45, 2.75) is 78.1 Å². The van der Waals surface area contributed by atoms with Crippen LogP contribution in [0.25, 0.3) is 0 Å². The fourth-order valence-electron chi connectivity index (χ4n) is 2.45. The molecule has 19 heavy (non-hydrogen) atoms. The van der Waals surface area contributed by atoms with Crippen molar-refractivity contribution in [3.8, 4) is 0 Å². The first kappa shape index (κ1) is 18.2. The second-order valence-corrected chi connectivity index (χ2v) is 5.49. The molecule has 0 aromatic carbocycles. The summed E-state index contributed by atoms with van der Waals surface area (Å²) in [5.41, 5.74) is 0. The second kappa shape index (κ2) is 13.6. The summed E-state index contributed by atoms with van der Waals surface area (Å²) < 4.78 is 0. The molecule has 0 spiro atoms. The first-order valence-corrected chi connectivity index (χ1v) is 8.14. The molecule has 0 saturated carbocycles. The SMILES string of the molecule is C=CC(=O)NCCC(CCCCC)CCCCCC. The minimum absolute atomic E-state index is 0.0432. The van der Waals surface area contributed by atoms with E-state index in [9.17, 15) is 4.79 Å². The van der Waals surface area contributed by atoms with Gasteiger partial charge in [0.2, 0.25) is 5.91 Å². The Labute approximate surface area is 120 Å². The van der Waals surface area contributed by atoms with Gasteiger partial charge in [0, 0.05) is 6.54 Å². The molecule has 0 aromatic heterocycles. The molecule has 0 aliphatic heterocycles. The van der Waals surface area contributed by atoms with Crippen molar-refractivity contribution in [3.63, 3.8) is 0 Å². The zero-order valence-corrected chi connectivity index (χ0v) is 13.0. The standard InChI is InChI=1S/C17H33NO/c1-4-7-9-11-13-16(12-10-8-5-2)14-15-18-17(19)6-3/h6,16H,3-5,7-15H2,1-2H3,(H,18,19). The number of rotatable bonds is 13. The molecule has 0 aromatic rings. The number of amides is 1. The molecule has 2 nitrogen and oxygen atoms in total. The summed E-state index contributed by atoms with van der Waals surface area (Å²) in [5, 5.41) is 2.90. The van der Waals surface area contributed by atoms with Crippen LogP contribution in [0.2, 0.25) is 0 Å². The van der Waals surface area contributed by atoms with Gasteiger partial charge < -0.3 is 5.32 Å². The van der Waals surface area contributed by atoms with Crippen molar-refractivity contribution >= 4 is 5.91 Å². The molecule has 0 heterocycles. The Bertz CT molecular complexity index is 225. The van der Waals surface area contributed by atoms with Gasteiger partial charge in [0.1, 0.15) is 0 Å². The molecule has 2 heteroatoms. The van der Waals surface area contributed by atoms with Crippen LogP contribution in [0.4, 0.5) is 0 Å². The lowest BCUT2D eigenvalue weighted by Crippen LogP contribution is -2.23. The molecular formula is C17H33NO. The third-order valence-electron chi connectivity index (χ3n) is 3.72. The van der Waals surface area contributed by atoms with E-state index < -0.39 is 0 Å². The Balaban J connectivity index is 3.81. The number of nitrogens with one attached hydrogen (secondary N) is 1. The molecule has 1 N–H and O–H groups in total. The minimum atomic E-state index is -0.0432. The lowest BCUT2D eigenvalue weighted by molar-refractivity contribution is -0.116. The zero-order valence-electron chi connectivity index (χ0n) is 13.0. The van der Waals surface area contributed by atoms with Gasteiger partial charge in [-0.15, -0.1) is 0 Å². The Morgan fingerprint density at radius 3 is 2.16 bits per heavy atom. The molecule has 1 amide bonds. The molecule has 0 aliphatic carbocycles. The van der Waals surface area contributed by atoms with Crippen molar-refractivity contribution < 1.29 is 4.79 Å². The number of carbonyl (C=O) groups is 1. The topological polar surface area (TPSA) is 29.1 Å². The average molecular weight is 267 g/mol. The van der Waals surface area contributed by atoms with Crippen LogP contribution in [0.1, 0.15) is 78.1 Å². The highest BCUT2D eigenvalue weighted by Gasteiger charge is 2.08. The van der Waals surface area contributed by atoms with Gasteiger partial charge in [-0.25, -0.2) is 0 Å². The summed E-state index contributed by atoms with van der Waals surface area (Å²) in [5.74, 6) is 0.742. The van der Waals surface area contributed by atoms with Crippen molar-refractivity contribution in [2.75, 3.05) is 6.54 Å². The summed E-state index contributed by atoms with van der Waals surface area (Å²) in [7, 11) is 0. The van der Waals surface area contributed by atoms with Crippen LogP contribution in [-0.4, -0.2) is 12.5 Å². The molecular weight excluding hydrogens is 234 g/mol. The fourth-order valence-corrected chi connectivity index (χ4v) is 2.45. The first-order valence-electron chi connectivity index (χ1n) is 8.14. The Hall–Kier alpha value is -0.790. The van der Waals surface area contributed by atoms with Gasteiger partial charge >= 0.3 is 0 Å². The lowest BCUT2D eigenvalue weighted by Gasteiger charge is -2.17. The molecule has 0 radical (unpaired) electrons. The molecule has 112 valence electrons. The first-order chi connectivity index (χ1) is 9.24. The summed E-state index contributed by atoms with van der Waals surface area (Å²) in [6, 6.07) is 0. The maximum Gasteiger partial charge on any atom is 0.243 e. The number of unbranched alkanes of at least 4 members (excludes halogenated alkanes) is 5. The summed E-state index contributed by atoms with van der Waals surface area (Å²) in [4.78, 5) is 11.1. The Morgan fingerprint density at radius 2 is 1.58 bits per heavy atom. The van der Waals surface area contributed by atoms with Gasteiger partial charge in [0.05, 0.1) is 0 Å². The molecule has 1 atom stereocenters. The van der Waals surface area contributed by atoms with Crippen LogP contribution in [0.3, 0.4) is 0 Å². The van der Waals surface area contributed by atoms with Crippen molar-refractivity contribution in [3.05, 3.63) is 12.7 Å². The van der Waals surface area contributed by atoms with Crippen LogP contribution < -0.4 is 5.32 Å². The van der Waals surface area contributed by atoms with E-state index in [0.717, 1.165) is 18.9 Å². The Morgan fingerprint density at radius 1 is 1.00 bits per heavy atom. The predicted molar refractivity (Wildman–Crippen MR) is 84.2 cm³/mol. The van der Waals surface area contributed by atoms with E-state index in [1.54, 1.807) is 0 Å². The van der Waals surface area contributed by atoms with Gasteiger partial charge in [-0.3, -0.25) is 4.79 Å². The molecule has 1 unspecified atom stereocenters. The van der Waals surface area contributed by atoms with Crippen LogP contribution >= 0.6 is 0 Å². The lowest BCUT2D eigenvalue weighted by atomic mass is 9.92. The molecule has 0 fully saturated rings. The number of hydrogen-bond acceptors (Lipinski definition) is 1. The van der Waals surface area contributed by atoms with Crippen LogP contribution in [0.5, 0.6) is 0 Å². The van der Waals surface area contributed by atoms with E-state index in [1.165, 1.54) is 63.9 Å². The second-order valence-electron chi connectivity index (χ2n) is 5.49. The van der Waals surface area contributed by atoms with E-state index in [0.29, 0.717) is 0 Å². The molecule has 0 rings (SSSR count). The molecule has 0 saturated heterocycles.